The highest BCUT2D eigenvalue weighted by atomic mass is 32.2. The lowest BCUT2D eigenvalue weighted by Crippen LogP contribution is -2.47. The third-order valence-corrected chi connectivity index (χ3v) is 7.30. The molecular formula is C26H37N3O4S. The van der Waals surface area contributed by atoms with Crippen LogP contribution in [-0.2, 0) is 26.2 Å². The lowest BCUT2D eigenvalue weighted by Gasteiger charge is -2.30. The molecule has 0 spiro atoms. The minimum atomic E-state index is -3.52. The Balaban J connectivity index is 2.20. The van der Waals surface area contributed by atoms with Gasteiger partial charge in [-0.25, -0.2) is 8.42 Å². The topological polar surface area (TPSA) is 86.8 Å². The molecule has 186 valence electrons. The van der Waals surface area contributed by atoms with Gasteiger partial charge in [-0.3, -0.25) is 13.9 Å². The van der Waals surface area contributed by atoms with Crippen LogP contribution in [0, 0.1) is 20.8 Å². The molecule has 0 fully saturated rings. The molecule has 1 unspecified atom stereocenters. The van der Waals surface area contributed by atoms with E-state index in [1.165, 1.54) is 10.6 Å². The summed E-state index contributed by atoms with van der Waals surface area (Å²) in [6, 6.07) is 12.7. The zero-order valence-corrected chi connectivity index (χ0v) is 21.9. The summed E-state index contributed by atoms with van der Waals surface area (Å²) < 4.78 is 26.4. The average molecular weight is 488 g/mol. The molecule has 1 N–H and O–H groups in total. The number of likely N-dealkylation sites (N-methyl/N-ethyl adjacent to an activating group) is 1. The number of hydrogen-bond acceptors (Lipinski definition) is 4. The van der Waals surface area contributed by atoms with Crippen LogP contribution in [0.3, 0.4) is 0 Å². The van der Waals surface area contributed by atoms with Crippen molar-refractivity contribution < 1.29 is 18.0 Å². The molecule has 2 rings (SSSR count). The van der Waals surface area contributed by atoms with Crippen molar-refractivity contribution in [2.45, 2.75) is 60.0 Å². The first-order valence-corrected chi connectivity index (χ1v) is 13.5. The number of carbonyl (C=O) groups is 2. The first kappa shape index (κ1) is 27.4. The van der Waals surface area contributed by atoms with Crippen LogP contribution in [0.5, 0.6) is 0 Å². The number of nitrogens with one attached hydrogen (secondary N) is 1. The first-order valence-electron chi connectivity index (χ1n) is 11.6. The zero-order chi connectivity index (χ0) is 25.5. The van der Waals surface area contributed by atoms with Crippen molar-refractivity contribution in [1.82, 2.24) is 10.2 Å². The van der Waals surface area contributed by atoms with Crippen LogP contribution in [0.25, 0.3) is 0 Å². The third kappa shape index (κ3) is 7.06. The van der Waals surface area contributed by atoms with Gasteiger partial charge in [0.15, 0.2) is 0 Å². The van der Waals surface area contributed by atoms with E-state index in [9.17, 15) is 18.0 Å². The number of anilines is 1. The molecular weight excluding hydrogens is 450 g/mol. The van der Waals surface area contributed by atoms with Crippen molar-refractivity contribution in [2.24, 2.45) is 0 Å². The van der Waals surface area contributed by atoms with Gasteiger partial charge in [0.05, 0.1) is 11.9 Å². The Hall–Kier alpha value is -2.87. The number of hydrogen-bond donors (Lipinski definition) is 1. The van der Waals surface area contributed by atoms with Gasteiger partial charge in [-0.1, -0.05) is 36.4 Å². The van der Waals surface area contributed by atoms with Crippen molar-refractivity contribution in [3.63, 3.8) is 0 Å². The lowest BCUT2D eigenvalue weighted by molar-refractivity contribution is -0.140. The van der Waals surface area contributed by atoms with Crippen LogP contribution in [0.1, 0.15) is 48.9 Å². The summed E-state index contributed by atoms with van der Waals surface area (Å²) in [4.78, 5) is 27.4. The molecule has 8 heteroatoms. The lowest BCUT2D eigenvalue weighted by atomic mass is 10.1. The standard InChI is InChI=1S/C26H37N3O4S/c1-7-27-26(31)22(5)28(18-23-14-9-8-12-20(23)3)25(30)16-11-17-29(34(6,32)33)24-15-10-13-19(2)21(24)4/h8-10,12-15,22H,7,11,16-18H2,1-6H3,(H,27,31). The fourth-order valence-electron chi connectivity index (χ4n) is 3.86. The van der Waals surface area contributed by atoms with Crippen molar-refractivity contribution in [2.75, 3.05) is 23.7 Å². The number of sulfonamides is 1. The smallest absolute Gasteiger partial charge is 0.242 e. The van der Waals surface area contributed by atoms with E-state index >= 15 is 0 Å². The summed E-state index contributed by atoms with van der Waals surface area (Å²) in [5.41, 5.74) is 4.54. The molecule has 0 heterocycles. The van der Waals surface area contributed by atoms with Gasteiger partial charge in [0.2, 0.25) is 21.8 Å². The summed E-state index contributed by atoms with van der Waals surface area (Å²) in [6.45, 7) is 10.4. The van der Waals surface area contributed by atoms with E-state index in [1.807, 2.05) is 64.1 Å². The molecule has 2 amide bonds. The highest BCUT2D eigenvalue weighted by Gasteiger charge is 2.27. The molecule has 7 nitrogen and oxygen atoms in total. The minimum absolute atomic E-state index is 0.131. The molecule has 1 atom stereocenters. The predicted octanol–water partition coefficient (Wildman–Crippen LogP) is 3.71. The second-order valence-corrected chi connectivity index (χ2v) is 10.6. The molecule has 2 aromatic carbocycles. The van der Waals surface area contributed by atoms with Gasteiger partial charge in [-0.05, 0) is 69.4 Å². The maximum Gasteiger partial charge on any atom is 0.242 e. The largest absolute Gasteiger partial charge is 0.355 e. The summed E-state index contributed by atoms with van der Waals surface area (Å²) in [7, 11) is -3.52. The van der Waals surface area contributed by atoms with E-state index in [0.717, 1.165) is 22.3 Å². The van der Waals surface area contributed by atoms with Crippen molar-refractivity contribution in [3.05, 3.63) is 64.7 Å². The van der Waals surface area contributed by atoms with Gasteiger partial charge in [0.25, 0.3) is 0 Å². The monoisotopic (exact) mass is 487 g/mol. The van der Waals surface area contributed by atoms with Crippen LogP contribution in [0.2, 0.25) is 0 Å². The summed E-state index contributed by atoms with van der Waals surface area (Å²) in [5, 5.41) is 2.79. The molecule has 2 aromatic rings. The van der Waals surface area contributed by atoms with Gasteiger partial charge in [0.1, 0.15) is 6.04 Å². The average Bonchev–Trinajstić information content (AvgIpc) is 2.77. The Kier molecular flexibility index (Phi) is 9.67. The van der Waals surface area contributed by atoms with E-state index in [4.69, 9.17) is 0 Å². The Morgan fingerprint density at radius 3 is 2.26 bits per heavy atom. The molecule has 0 bridgehead atoms. The van der Waals surface area contributed by atoms with Crippen LogP contribution < -0.4 is 9.62 Å². The summed E-state index contributed by atoms with van der Waals surface area (Å²) in [5.74, 6) is -0.394. The van der Waals surface area contributed by atoms with E-state index in [2.05, 4.69) is 5.32 Å². The Labute approximate surface area is 204 Å². The third-order valence-electron chi connectivity index (χ3n) is 6.12. The summed E-state index contributed by atoms with van der Waals surface area (Å²) in [6.07, 6.45) is 1.65. The molecule has 34 heavy (non-hydrogen) atoms. The fraction of sp³-hybridized carbons (Fsp3) is 0.462. The molecule has 0 aliphatic rings. The predicted molar refractivity (Wildman–Crippen MR) is 137 cm³/mol. The number of carbonyl (C=O) groups excluding carboxylic acids is 2. The Bertz CT molecular complexity index is 1110. The highest BCUT2D eigenvalue weighted by Crippen LogP contribution is 2.25. The molecule has 0 radical (unpaired) electrons. The van der Waals surface area contributed by atoms with Crippen LogP contribution in [0.15, 0.2) is 42.5 Å². The Morgan fingerprint density at radius 2 is 1.65 bits per heavy atom. The van der Waals surface area contributed by atoms with Crippen LogP contribution >= 0.6 is 0 Å². The molecule has 0 aromatic heterocycles. The van der Waals surface area contributed by atoms with Crippen molar-refractivity contribution in [3.8, 4) is 0 Å². The quantitative estimate of drug-likeness (QED) is 0.523. The SMILES string of the molecule is CCNC(=O)C(C)N(Cc1ccccc1C)C(=O)CCCN(c1cccc(C)c1C)S(C)(=O)=O. The number of benzene rings is 2. The zero-order valence-electron chi connectivity index (χ0n) is 21.1. The van der Waals surface area contributed by atoms with Crippen molar-refractivity contribution >= 4 is 27.5 Å². The van der Waals surface area contributed by atoms with Gasteiger partial charge >= 0.3 is 0 Å². The van der Waals surface area contributed by atoms with Gasteiger partial charge in [0, 0.05) is 26.1 Å². The maximum atomic E-state index is 13.3. The first-order chi connectivity index (χ1) is 16.0. The second-order valence-electron chi connectivity index (χ2n) is 8.68. The molecule has 0 saturated carbocycles. The maximum absolute atomic E-state index is 13.3. The van der Waals surface area contributed by atoms with Crippen LogP contribution in [0.4, 0.5) is 5.69 Å². The number of aryl methyl sites for hydroxylation is 2. The Morgan fingerprint density at radius 1 is 1.00 bits per heavy atom. The van der Waals surface area contributed by atoms with Crippen LogP contribution in [-0.4, -0.2) is 50.5 Å². The number of amides is 2. The van der Waals surface area contributed by atoms with Gasteiger partial charge < -0.3 is 10.2 Å². The van der Waals surface area contributed by atoms with E-state index < -0.39 is 16.1 Å². The van der Waals surface area contributed by atoms with E-state index in [0.29, 0.717) is 25.2 Å². The van der Waals surface area contributed by atoms with Gasteiger partial charge in [-0.2, -0.15) is 0 Å². The molecule has 0 aliphatic heterocycles. The minimum Gasteiger partial charge on any atom is -0.355 e. The number of nitrogens with zero attached hydrogens (tertiary/aromatic N) is 2. The number of rotatable bonds is 11. The normalized spacial score (nSPS) is 12.2. The highest BCUT2D eigenvalue weighted by molar-refractivity contribution is 7.92. The van der Waals surface area contributed by atoms with Gasteiger partial charge in [-0.15, -0.1) is 0 Å². The molecule has 0 saturated heterocycles. The fourth-order valence-corrected chi connectivity index (χ4v) is 4.88. The van der Waals surface area contributed by atoms with E-state index in [1.54, 1.807) is 17.9 Å². The van der Waals surface area contributed by atoms with E-state index in [-0.39, 0.29) is 24.8 Å². The summed E-state index contributed by atoms with van der Waals surface area (Å²) >= 11 is 0. The van der Waals surface area contributed by atoms with Crippen molar-refractivity contribution in [1.29, 1.82) is 0 Å². The molecule has 0 aliphatic carbocycles. The second kappa shape index (κ2) is 12.0.